The normalized spacial score (nSPS) is 41.7. The standard InChI is InChI=1S/C24H33NO7S/c1-14-6-7-18-15(2)21(28-20(27)9-8-19(26)25-13-16-5-4-12-33-16)29-22-24(18)17(14)10-11-23(3,30-22)31-32-24/h4-5,12,14-15,17-18,21-22H,6-11,13H2,1-3H3,(H,25,26)/t14-,15-,17+,18+,21-,22-,23+,24+/m1/s1. The number of amides is 1. The van der Waals surface area contributed by atoms with Gasteiger partial charge in [-0.3, -0.25) is 9.59 Å². The highest BCUT2D eigenvalue weighted by Gasteiger charge is 2.69. The van der Waals surface area contributed by atoms with E-state index in [0.717, 1.165) is 30.6 Å². The maximum atomic E-state index is 12.6. The van der Waals surface area contributed by atoms with Gasteiger partial charge in [-0.25, -0.2) is 9.78 Å². The first-order chi connectivity index (χ1) is 15.8. The predicted octanol–water partition coefficient (Wildman–Crippen LogP) is 3.90. The lowest BCUT2D eigenvalue weighted by atomic mass is 9.58. The van der Waals surface area contributed by atoms with E-state index in [1.807, 2.05) is 31.4 Å². The molecule has 1 N–H and O–H groups in total. The highest BCUT2D eigenvalue weighted by atomic mass is 32.1. The van der Waals surface area contributed by atoms with E-state index < -0.39 is 29.9 Å². The summed E-state index contributed by atoms with van der Waals surface area (Å²) >= 11 is 1.58. The molecule has 4 saturated heterocycles. The van der Waals surface area contributed by atoms with E-state index in [9.17, 15) is 9.59 Å². The molecule has 8 nitrogen and oxygen atoms in total. The average molecular weight is 480 g/mol. The number of rotatable bonds is 6. The van der Waals surface area contributed by atoms with Gasteiger partial charge in [0.1, 0.15) is 0 Å². The third kappa shape index (κ3) is 4.23. The lowest BCUT2D eigenvalue weighted by Gasteiger charge is -2.59. The van der Waals surface area contributed by atoms with Gasteiger partial charge < -0.3 is 19.5 Å². The van der Waals surface area contributed by atoms with Gasteiger partial charge in [0.25, 0.3) is 0 Å². The maximum Gasteiger partial charge on any atom is 0.308 e. The van der Waals surface area contributed by atoms with Crippen LogP contribution < -0.4 is 5.32 Å². The molecule has 8 atom stereocenters. The zero-order valence-corrected chi connectivity index (χ0v) is 20.2. The molecule has 2 bridgehead atoms. The van der Waals surface area contributed by atoms with Crippen LogP contribution in [0.15, 0.2) is 17.5 Å². The summed E-state index contributed by atoms with van der Waals surface area (Å²) < 4.78 is 18.3. The Balaban J connectivity index is 1.22. The summed E-state index contributed by atoms with van der Waals surface area (Å²) in [7, 11) is 0. The summed E-state index contributed by atoms with van der Waals surface area (Å²) in [6, 6.07) is 3.90. The molecule has 5 aliphatic rings. The summed E-state index contributed by atoms with van der Waals surface area (Å²) in [5, 5.41) is 4.80. The van der Waals surface area contributed by atoms with Gasteiger partial charge in [0, 0.05) is 29.6 Å². The van der Waals surface area contributed by atoms with Crippen LogP contribution in [0.1, 0.15) is 64.2 Å². The molecule has 9 heteroatoms. The number of hydrogen-bond acceptors (Lipinski definition) is 8. The first kappa shape index (κ1) is 23.2. The summed E-state index contributed by atoms with van der Waals surface area (Å²) in [6.07, 6.45) is 2.38. The van der Waals surface area contributed by atoms with Crippen LogP contribution in [0.3, 0.4) is 0 Å². The SMILES string of the molecule is C[C@H]1[C@H](OC(=O)CCC(=O)NCc2cccs2)O[C@@H]2O[C@]3(C)CC[C@H]4[C@H](C)CC[C@@H]1[C@]24OO3. The van der Waals surface area contributed by atoms with Crippen LogP contribution in [0.25, 0.3) is 0 Å². The second-order valence-electron chi connectivity index (χ2n) is 10.1. The Bertz CT molecular complexity index is 878. The molecule has 0 unspecified atom stereocenters. The maximum absolute atomic E-state index is 12.6. The van der Waals surface area contributed by atoms with E-state index in [2.05, 4.69) is 12.2 Å². The molecule has 1 amide bonds. The van der Waals surface area contributed by atoms with Crippen molar-refractivity contribution in [2.24, 2.45) is 23.7 Å². The van der Waals surface area contributed by atoms with Crippen molar-refractivity contribution in [3.63, 3.8) is 0 Å². The molecule has 1 saturated carbocycles. The number of carbonyl (C=O) groups is 2. The van der Waals surface area contributed by atoms with Crippen molar-refractivity contribution in [2.45, 2.75) is 89.8 Å². The van der Waals surface area contributed by atoms with Gasteiger partial charge in [0.05, 0.1) is 13.0 Å². The highest BCUT2D eigenvalue weighted by Crippen LogP contribution is 2.60. The first-order valence-corrected chi connectivity index (χ1v) is 12.9. The molecule has 0 aromatic carbocycles. The molecule has 6 rings (SSSR count). The predicted molar refractivity (Wildman–Crippen MR) is 118 cm³/mol. The molecule has 4 aliphatic heterocycles. The van der Waals surface area contributed by atoms with Crippen molar-refractivity contribution < 1.29 is 33.6 Å². The Hall–Kier alpha value is -1.52. The quantitative estimate of drug-likeness (QED) is 0.489. The van der Waals surface area contributed by atoms with E-state index in [1.54, 1.807) is 11.3 Å². The van der Waals surface area contributed by atoms with Crippen molar-refractivity contribution in [2.75, 3.05) is 0 Å². The Morgan fingerprint density at radius 3 is 2.82 bits per heavy atom. The number of esters is 1. The Kier molecular flexibility index (Phi) is 6.28. The molecular weight excluding hydrogens is 446 g/mol. The summed E-state index contributed by atoms with van der Waals surface area (Å²) in [5.74, 6) is -0.751. The molecule has 1 aromatic heterocycles. The van der Waals surface area contributed by atoms with Gasteiger partial charge >= 0.3 is 5.97 Å². The van der Waals surface area contributed by atoms with Crippen molar-refractivity contribution >= 4 is 23.2 Å². The zero-order valence-electron chi connectivity index (χ0n) is 19.4. The summed E-state index contributed by atoms with van der Waals surface area (Å²) in [5.41, 5.74) is -0.683. The van der Waals surface area contributed by atoms with E-state index in [-0.39, 0.29) is 36.5 Å². The second kappa shape index (κ2) is 8.92. The van der Waals surface area contributed by atoms with Crippen molar-refractivity contribution in [1.29, 1.82) is 0 Å². The second-order valence-corrected chi connectivity index (χ2v) is 11.2. The lowest BCUT2D eigenvalue weighted by Crippen LogP contribution is -2.70. The zero-order chi connectivity index (χ0) is 23.2. The fourth-order valence-electron chi connectivity index (χ4n) is 6.10. The molecule has 1 spiro atoms. The van der Waals surface area contributed by atoms with Crippen molar-refractivity contribution in [1.82, 2.24) is 5.32 Å². The van der Waals surface area contributed by atoms with Crippen LogP contribution in [0.5, 0.6) is 0 Å². The van der Waals surface area contributed by atoms with Gasteiger partial charge in [-0.05, 0) is 49.5 Å². The minimum atomic E-state index is -0.868. The van der Waals surface area contributed by atoms with Crippen molar-refractivity contribution in [3.05, 3.63) is 22.4 Å². The number of hydrogen-bond donors (Lipinski definition) is 1. The monoisotopic (exact) mass is 479 g/mol. The smallest absolute Gasteiger partial charge is 0.308 e. The molecular formula is C24H33NO7S. The van der Waals surface area contributed by atoms with Gasteiger partial charge in [-0.2, -0.15) is 0 Å². The largest absolute Gasteiger partial charge is 0.435 e. The molecule has 5 fully saturated rings. The fourth-order valence-corrected chi connectivity index (χ4v) is 6.74. The molecule has 0 radical (unpaired) electrons. The van der Waals surface area contributed by atoms with Gasteiger partial charge in [-0.15, -0.1) is 11.3 Å². The molecule has 1 aliphatic carbocycles. The minimum Gasteiger partial charge on any atom is -0.435 e. The van der Waals surface area contributed by atoms with E-state index in [1.165, 1.54) is 0 Å². The van der Waals surface area contributed by atoms with E-state index >= 15 is 0 Å². The van der Waals surface area contributed by atoms with Crippen LogP contribution in [0.2, 0.25) is 0 Å². The van der Waals surface area contributed by atoms with Crippen LogP contribution in [0, 0.1) is 23.7 Å². The minimum absolute atomic E-state index is 0.00116. The molecule has 5 heterocycles. The summed E-state index contributed by atoms with van der Waals surface area (Å²) in [6.45, 7) is 6.64. The highest BCUT2D eigenvalue weighted by molar-refractivity contribution is 7.09. The van der Waals surface area contributed by atoms with E-state index in [0.29, 0.717) is 12.5 Å². The number of thiophene rings is 1. The topological polar surface area (TPSA) is 92.3 Å². The molecule has 33 heavy (non-hydrogen) atoms. The Morgan fingerprint density at radius 1 is 1.18 bits per heavy atom. The summed E-state index contributed by atoms with van der Waals surface area (Å²) in [4.78, 5) is 37.7. The Morgan fingerprint density at radius 2 is 2.03 bits per heavy atom. The molecule has 182 valence electrons. The fraction of sp³-hybridized carbons (Fsp3) is 0.750. The van der Waals surface area contributed by atoms with Gasteiger partial charge in [-0.1, -0.05) is 19.9 Å². The number of fused-ring (bicyclic) bond motifs is 2. The average Bonchev–Trinajstić information content (AvgIpc) is 3.21. The van der Waals surface area contributed by atoms with Crippen LogP contribution in [-0.2, 0) is 40.1 Å². The van der Waals surface area contributed by atoms with Crippen LogP contribution >= 0.6 is 11.3 Å². The third-order valence-electron chi connectivity index (χ3n) is 7.94. The number of ether oxygens (including phenoxy) is 3. The van der Waals surface area contributed by atoms with Gasteiger partial charge in [0.15, 0.2) is 11.9 Å². The van der Waals surface area contributed by atoms with Crippen LogP contribution in [0.4, 0.5) is 0 Å². The first-order valence-electron chi connectivity index (χ1n) is 12.0. The van der Waals surface area contributed by atoms with Gasteiger partial charge in [0.2, 0.25) is 18.0 Å². The number of carbonyl (C=O) groups excluding carboxylic acids is 2. The van der Waals surface area contributed by atoms with E-state index in [4.69, 9.17) is 24.0 Å². The third-order valence-corrected chi connectivity index (χ3v) is 8.82. The van der Waals surface area contributed by atoms with Crippen molar-refractivity contribution in [3.8, 4) is 0 Å². The lowest BCUT2D eigenvalue weighted by molar-refractivity contribution is -0.576. The number of nitrogens with one attached hydrogen (secondary N) is 1. The molecule has 1 aromatic rings. The van der Waals surface area contributed by atoms with Crippen LogP contribution in [-0.4, -0.2) is 35.8 Å². The Labute approximate surface area is 198 Å².